The van der Waals surface area contributed by atoms with Crippen molar-refractivity contribution < 1.29 is 9.47 Å². The van der Waals surface area contributed by atoms with E-state index < -0.39 is 0 Å². The summed E-state index contributed by atoms with van der Waals surface area (Å²) in [6.45, 7) is 3.55. The number of rotatable bonds is 7. The Kier molecular flexibility index (Phi) is 5.85. The molecule has 2 N–H and O–H groups in total. The van der Waals surface area contributed by atoms with E-state index in [0.717, 1.165) is 22.6 Å². The fourth-order valence-electron chi connectivity index (χ4n) is 1.95. The van der Waals surface area contributed by atoms with Gasteiger partial charge >= 0.3 is 0 Å². The van der Waals surface area contributed by atoms with Gasteiger partial charge in [-0.2, -0.15) is 0 Å². The fraction of sp³-hybridized carbons (Fsp3) is 0.222. The van der Waals surface area contributed by atoms with Gasteiger partial charge in [-0.1, -0.05) is 42.5 Å². The molecule has 21 heavy (non-hydrogen) atoms. The Morgan fingerprint density at radius 2 is 1.81 bits per heavy atom. The van der Waals surface area contributed by atoms with E-state index in [9.17, 15) is 0 Å². The van der Waals surface area contributed by atoms with E-state index in [4.69, 9.17) is 15.2 Å². The van der Waals surface area contributed by atoms with Crippen molar-refractivity contribution in [1.82, 2.24) is 0 Å². The van der Waals surface area contributed by atoms with Crippen LogP contribution in [-0.4, -0.2) is 13.2 Å². The summed E-state index contributed by atoms with van der Waals surface area (Å²) < 4.78 is 11.3. The molecule has 0 heterocycles. The average Bonchev–Trinajstić information content (AvgIpc) is 2.54. The summed E-state index contributed by atoms with van der Waals surface area (Å²) in [6.07, 6.45) is 4.02. The van der Waals surface area contributed by atoms with E-state index in [1.54, 1.807) is 0 Å². The summed E-state index contributed by atoms with van der Waals surface area (Å²) in [6, 6.07) is 15.9. The van der Waals surface area contributed by atoms with Gasteiger partial charge in [0.05, 0.1) is 6.61 Å². The summed E-state index contributed by atoms with van der Waals surface area (Å²) in [5, 5.41) is 0. The van der Waals surface area contributed by atoms with E-state index in [0.29, 0.717) is 19.8 Å². The molecule has 2 rings (SSSR count). The molecule has 0 saturated carbocycles. The first-order chi connectivity index (χ1) is 10.3. The lowest BCUT2D eigenvalue weighted by molar-refractivity contribution is 0.296. The lowest BCUT2D eigenvalue weighted by atomic mass is 10.2. The van der Waals surface area contributed by atoms with Crippen LogP contribution in [0.4, 0.5) is 0 Å². The maximum Gasteiger partial charge on any atom is 0.161 e. The van der Waals surface area contributed by atoms with Crippen LogP contribution >= 0.6 is 0 Å². The number of hydrogen-bond acceptors (Lipinski definition) is 3. The standard InChI is InChI=1S/C18H21NO2/c1-2-20-18-13-16(14-19)10-11-17(18)21-12-6-9-15-7-4-3-5-8-15/h3-11,13H,2,12,14,19H2,1H3/b9-6+. The number of nitrogens with two attached hydrogens (primary N) is 1. The Bertz CT molecular complexity index is 579. The smallest absolute Gasteiger partial charge is 0.161 e. The van der Waals surface area contributed by atoms with Crippen LogP contribution in [-0.2, 0) is 6.54 Å². The average molecular weight is 283 g/mol. The van der Waals surface area contributed by atoms with Crippen molar-refractivity contribution in [3.63, 3.8) is 0 Å². The van der Waals surface area contributed by atoms with Crippen LogP contribution in [0.3, 0.4) is 0 Å². The number of benzene rings is 2. The highest BCUT2D eigenvalue weighted by atomic mass is 16.5. The summed E-state index contributed by atoms with van der Waals surface area (Å²) in [5.41, 5.74) is 7.83. The van der Waals surface area contributed by atoms with Crippen molar-refractivity contribution in [2.45, 2.75) is 13.5 Å². The zero-order valence-electron chi connectivity index (χ0n) is 12.3. The predicted molar refractivity (Wildman–Crippen MR) is 86.5 cm³/mol. The van der Waals surface area contributed by atoms with Crippen molar-refractivity contribution >= 4 is 6.08 Å². The van der Waals surface area contributed by atoms with Crippen LogP contribution in [0.5, 0.6) is 11.5 Å². The molecular weight excluding hydrogens is 262 g/mol. The topological polar surface area (TPSA) is 44.5 Å². The normalized spacial score (nSPS) is 10.8. The van der Waals surface area contributed by atoms with Gasteiger partial charge < -0.3 is 15.2 Å². The molecule has 0 radical (unpaired) electrons. The lowest BCUT2D eigenvalue weighted by Gasteiger charge is -2.11. The molecule has 2 aromatic rings. The maximum atomic E-state index is 5.76. The Morgan fingerprint density at radius 3 is 2.52 bits per heavy atom. The second-order valence-electron chi connectivity index (χ2n) is 4.54. The molecular formula is C18H21NO2. The summed E-state index contributed by atoms with van der Waals surface area (Å²) >= 11 is 0. The van der Waals surface area contributed by atoms with Crippen LogP contribution in [0.25, 0.3) is 6.08 Å². The van der Waals surface area contributed by atoms with Gasteiger partial charge in [0.25, 0.3) is 0 Å². The first-order valence-corrected chi connectivity index (χ1v) is 7.13. The fourth-order valence-corrected chi connectivity index (χ4v) is 1.95. The third-order valence-electron chi connectivity index (χ3n) is 2.99. The highest BCUT2D eigenvalue weighted by molar-refractivity contribution is 5.49. The first-order valence-electron chi connectivity index (χ1n) is 7.13. The zero-order chi connectivity index (χ0) is 14.9. The molecule has 110 valence electrons. The van der Waals surface area contributed by atoms with Gasteiger partial charge in [0.1, 0.15) is 6.61 Å². The Morgan fingerprint density at radius 1 is 1.00 bits per heavy atom. The molecule has 0 fully saturated rings. The molecule has 3 nitrogen and oxygen atoms in total. The zero-order valence-corrected chi connectivity index (χ0v) is 12.3. The molecule has 0 spiro atoms. The molecule has 0 unspecified atom stereocenters. The SMILES string of the molecule is CCOc1cc(CN)ccc1OC/C=C/c1ccccc1. The summed E-state index contributed by atoms with van der Waals surface area (Å²) in [5.74, 6) is 1.49. The van der Waals surface area contributed by atoms with Crippen LogP contribution in [0.15, 0.2) is 54.6 Å². The second kappa shape index (κ2) is 8.12. The molecule has 0 aliphatic rings. The predicted octanol–water partition coefficient (Wildman–Crippen LogP) is 3.64. The molecule has 0 aromatic heterocycles. The molecule has 0 bridgehead atoms. The van der Waals surface area contributed by atoms with Crippen molar-refractivity contribution in [1.29, 1.82) is 0 Å². The molecule has 3 heteroatoms. The van der Waals surface area contributed by atoms with Crippen molar-refractivity contribution in [3.8, 4) is 11.5 Å². The second-order valence-corrected chi connectivity index (χ2v) is 4.54. The van der Waals surface area contributed by atoms with E-state index in [2.05, 4.69) is 12.1 Å². The van der Waals surface area contributed by atoms with Crippen LogP contribution in [0.1, 0.15) is 18.1 Å². The Balaban J connectivity index is 1.97. The van der Waals surface area contributed by atoms with Crippen molar-refractivity contribution in [2.24, 2.45) is 5.73 Å². The highest BCUT2D eigenvalue weighted by Crippen LogP contribution is 2.28. The minimum absolute atomic E-state index is 0.494. The Labute approximate surface area is 126 Å². The maximum absolute atomic E-state index is 5.76. The molecule has 2 aromatic carbocycles. The van der Waals surface area contributed by atoms with Gasteiger partial charge in [0.2, 0.25) is 0 Å². The van der Waals surface area contributed by atoms with Crippen LogP contribution in [0, 0.1) is 0 Å². The Hall–Kier alpha value is -2.26. The molecule has 0 saturated heterocycles. The van der Waals surface area contributed by atoms with Crippen molar-refractivity contribution in [3.05, 3.63) is 65.7 Å². The third kappa shape index (κ3) is 4.65. The lowest BCUT2D eigenvalue weighted by Crippen LogP contribution is -2.02. The van der Waals surface area contributed by atoms with Gasteiger partial charge in [0, 0.05) is 6.54 Å². The van der Waals surface area contributed by atoms with E-state index in [1.807, 2.05) is 55.5 Å². The van der Waals surface area contributed by atoms with Gasteiger partial charge in [-0.15, -0.1) is 0 Å². The van der Waals surface area contributed by atoms with Crippen LogP contribution < -0.4 is 15.2 Å². The van der Waals surface area contributed by atoms with Gasteiger partial charge in [-0.05, 0) is 36.3 Å². The molecule has 0 atom stereocenters. The van der Waals surface area contributed by atoms with Crippen molar-refractivity contribution in [2.75, 3.05) is 13.2 Å². The largest absolute Gasteiger partial charge is 0.490 e. The minimum atomic E-state index is 0.494. The molecule has 0 aliphatic heterocycles. The van der Waals surface area contributed by atoms with E-state index >= 15 is 0 Å². The highest BCUT2D eigenvalue weighted by Gasteiger charge is 2.05. The minimum Gasteiger partial charge on any atom is -0.490 e. The summed E-state index contributed by atoms with van der Waals surface area (Å²) in [7, 11) is 0. The quantitative estimate of drug-likeness (QED) is 0.843. The molecule has 0 amide bonds. The van der Waals surface area contributed by atoms with Gasteiger partial charge in [-0.3, -0.25) is 0 Å². The van der Waals surface area contributed by atoms with E-state index in [1.165, 1.54) is 0 Å². The monoisotopic (exact) mass is 283 g/mol. The molecule has 0 aliphatic carbocycles. The first kappa shape index (κ1) is 15.1. The number of hydrogen-bond donors (Lipinski definition) is 1. The number of ether oxygens (including phenoxy) is 2. The van der Waals surface area contributed by atoms with E-state index in [-0.39, 0.29) is 0 Å². The van der Waals surface area contributed by atoms with Crippen LogP contribution in [0.2, 0.25) is 0 Å². The third-order valence-corrected chi connectivity index (χ3v) is 2.99. The summed E-state index contributed by atoms with van der Waals surface area (Å²) in [4.78, 5) is 0. The van der Waals surface area contributed by atoms with Gasteiger partial charge in [0.15, 0.2) is 11.5 Å². The van der Waals surface area contributed by atoms with Gasteiger partial charge in [-0.25, -0.2) is 0 Å².